The van der Waals surface area contributed by atoms with Crippen LogP contribution in [0.15, 0.2) is 52.0 Å². The number of nitrogens with zero attached hydrogens (tertiary/aromatic N) is 2. The zero-order chi connectivity index (χ0) is 17.9. The summed E-state index contributed by atoms with van der Waals surface area (Å²) in [4.78, 5) is 14.4. The summed E-state index contributed by atoms with van der Waals surface area (Å²) in [6.45, 7) is 3.13. The van der Waals surface area contributed by atoms with E-state index in [1.54, 1.807) is 41.3 Å². The van der Waals surface area contributed by atoms with Crippen LogP contribution >= 0.6 is 0 Å². The zero-order valence-corrected chi connectivity index (χ0v) is 15.0. The molecule has 1 saturated heterocycles. The van der Waals surface area contributed by atoms with E-state index in [-0.39, 0.29) is 23.9 Å². The van der Waals surface area contributed by atoms with Crippen molar-refractivity contribution in [3.05, 3.63) is 54.0 Å². The first-order valence-corrected chi connectivity index (χ1v) is 9.78. The number of likely N-dealkylation sites (tertiary alicyclic amines) is 1. The smallest absolute Gasteiger partial charge is 0.243 e. The molecule has 7 heteroatoms. The van der Waals surface area contributed by atoms with Gasteiger partial charge in [-0.05, 0) is 44.0 Å². The maximum Gasteiger partial charge on any atom is 0.243 e. The summed E-state index contributed by atoms with van der Waals surface area (Å²) >= 11 is 0. The van der Waals surface area contributed by atoms with E-state index in [0.717, 1.165) is 18.4 Å². The second-order valence-electron chi connectivity index (χ2n) is 6.25. The molecule has 1 aliphatic rings. The van der Waals surface area contributed by atoms with Crippen LogP contribution in [0.1, 0.15) is 24.2 Å². The molecule has 0 saturated carbocycles. The van der Waals surface area contributed by atoms with Gasteiger partial charge in [-0.25, -0.2) is 8.42 Å². The minimum Gasteiger partial charge on any atom is -0.468 e. The molecule has 0 bridgehead atoms. The molecule has 1 aromatic heterocycles. The van der Waals surface area contributed by atoms with Crippen LogP contribution < -0.4 is 0 Å². The largest absolute Gasteiger partial charge is 0.468 e. The van der Waals surface area contributed by atoms with Crippen molar-refractivity contribution < 1.29 is 17.6 Å². The highest BCUT2D eigenvalue weighted by Gasteiger charge is 2.30. The Morgan fingerprint density at radius 3 is 2.44 bits per heavy atom. The van der Waals surface area contributed by atoms with Gasteiger partial charge in [0.2, 0.25) is 15.9 Å². The second kappa shape index (κ2) is 7.41. The minimum absolute atomic E-state index is 0.0305. The quantitative estimate of drug-likeness (QED) is 0.791. The fraction of sp³-hybridized carbons (Fsp3) is 0.389. The summed E-state index contributed by atoms with van der Waals surface area (Å²) in [5, 5.41) is 0. The van der Waals surface area contributed by atoms with E-state index < -0.39 is 10.0 Å². The average molecular weight is 362 g/mol. The van der Waals surface area contributed by atoms with E-state index in [1.165, 1.54) is 10.6 Å². The Morgan fingerprint density at radius 2 is 1.84 bits per heavy atom. The summed E-state index contributed by atoms with van der Waals surface area (Å²) in [6, 6.07) is 10.0. The van der Waals surface area contributed by atoms with Crippen LogP contribution in [-0.2, 0) is 21.4 Å². The third-order valence-corrected chi connectivity index (χ3v) is 6.15. The van der Waals surface area contributed by atoms with Gasteiger partial charge in [-0.3, -0.25) is 4.79 Å². The number of hydrogen-bond acceptors (Lipinski definition) is 4. The number of benzene rings is 1. The average Bonchev–Trinajstić information content (AvgIpc) is 3.28. The van der Waals surface area contributed by atoms with Gasteiger partial charge in [0, 0.05) is 13.1 Å². The van der Waals surface area contributed by atoms with E-state index in [9.17, 15) is 13.2 Å². The predicted molar refractivity (Wildman–Crippen MR) is 93.3 cm³/mol. The molecule has 0 radical (unpaired) electrons. The van der Waals surface area contributed by atoms with Crippen LogP contribution in [-0.4, -0.2) is 43.2 Å². The molecule has 2 heterocycles. The molecule has 6 nitrogen and oxygen atoms in total. The molecule has 0 N–H and O–H groups in total. The third-order valence-electron chi connectivity index (χ3n) is 4.34. The Labute approximate surface area is 148 Å². The van der Waals surface area contributed by atoms with E-state index in [1.807, 2.05) is 6.92 Å². The van der Waals surface area contributed by atoms with Crippen molar-refractivity contribution in [2.24, 2.45) is 0 Å². The first-order chi connectivity index (χ1) is 12.0. The van der Waals surface area contributed by atoms with Crippen LogP contribution in [0.2, 0.25) is 0 Å². The molecule has 25 heavy (non-hydrogen) atoms. The van der Waals surface area contributed by atoms with Gasteiger partial charge in [-0.15, -0.1) is 0 Å². The fourth-order valence-electron chi connectivity index (χ4n) is 2.88. The molecule has 1 fully saturated rings. The number of sulfonamides is 1. The third kappa shape index (κ3) is 4.11. The summed E-state index contributed by atoms with van der Waals surface area (Å²) < 4.78 is 32.5. The first kappa shape index (κ1) is 17.7. The van der Waals surface area contributed by atoms with Crippen LogP contribution in [0.25, 0.3) is 0 Å². The number of carbonyl (C=O) groups is 1. The lowest BCUT2D eigenvalue weighted by Gasteiger charge is -2.24. The predicted octanol–water partition coefficient (Wildman–Crippen LogP) is 2.40. The van der Waals surface area contributed by atoms with Gasteiger partial charge >= 0.3 is 0 Å². The maximum atomic E-state index is 13.0. The lowest BCUT2D eigenvalue weighted by molar-refractivity contribution is -0.130. The number of furan rings is 1. The van der Waals surface area contributed by atoms with Crippen molar-refractivity contribution in [1.82, 2.24) is 9.21 Å². The first-order valence-electron chi connectivity index (χ1n) is 8.34. The molecule has 1 amide bonds. The lowest BCUT2D eigenvalue weighted by atomic mass is 10.2. The van der Waals surface area contributed by atoms with Crippen LogP contribution in [0.5, 0.6) is 0 Å². The summed E-state index contributed by atoms with van der Waals surface area (Å²) in [6.07, 6.45) is 3.43. The fourth-order valence-corrected chi connectivity index (χ4v) is 4.23. The van der Waals surface area contributed by atoms with E-state index >= 15 is 0 Å². The van der Waals surface area contributed by atoms with Crippen molar-refractivity contribution in [2.45, 2.75) is 31.2 Å². The topological polar surface area (TPSA) is 70.8 Å². The number of carbonyl (C=O) groups excluding carboxylic acids is 1. The normalized spacial score (nSPS) is 15.0. The summed E-state index contributed by atoms with van der Waals surface area (Å²) in [5.41, 5.74) is 0.977. The van der Waals surface area contributed by atoms with Gasteiger partial charge in [0.15, 0.2) is 0 Å². The molecular formula is C18H22N2O4S. The van der Waals surface area contributed by atoms with Crippen LogP contribution in [0.4, 0.5) is 0 Å². The number of amides is 1. The molecule has 1 aromatic carbocycles. The number of hydrogen-bond donors (Lipinski definition) is 0. The van der Waals surface area contributed by atoms with Gasteiger partial charge in [0.25, 0.3) is 0 Å². The van der Waals surface area contributed by atoms with Crippen molar-refractivity contribution in [3.63, 3.8) is 0 Å². The van der Waals surface area contributed by atoms with Crippen molar-refractivity contribution in [1.29, 1.82) is 0 Å². The Bertz CT molecular complexity index is 807. The van der Waals surface area contributed by atoms with Gasteiger partial charge < -0.3 is 9.32 Å². The van der Waals surface area contributed by atoms with Gasteiger partial charge in [-0.2, -0.15) is 4.31 Å². The molecule has 2 aromatic rings. The van der Waals surface area contributed by atoms with Crippen molar-refractivity contribution in [2.75, 3.05) is 19.6 Å². The van der Waals surface area contributed by atoms with E-state index in [2.05, 4.69) is 0 Å². The molecule has 0 aliphatic carbocycles. The zero-order valence-electron chi connectivity index (χ0n) is 14.2. The Hall–Kier alpha value is -2.12. The monoisotopic (exact) mass is 362 g/mol. The van der Waals surface area contributed by atoms with Gasteiger partial charge in [0.05, 0.1) is 24.2 Å². The Morgan fingerprint density at radius 1 is 1.16 bits per heavy atom. The van der Waals surface area contributed by atoms with E-state index in [4.69, 9.17) is 4.42 Å². The van der Waals surface area contributed by atoms with Crippen molar-refractivity contribution >= 4 is 15.9 Å². The number of aryl methyl sites for hydroxylation is 1. The van der Waals surface area contributed by atoms with Crippen LogP contribution in [0, 0.1) is 6.92 Å². The summed E-state index contributed by atoms with van der Waals surface area (Å²) in [5.74, 6) is 0.338. The number of rotatable bonds is 6. The minimum atomic E-state index is -3.79. The molecule has 0 atom stereocenters. The summed E-state index contributed by atoms with van der Waals surface area (Å²) in [7, 11) is -3.79. The standard InChI is InChI=1S/C18H22N2O4S/c1-15-6-8-17(9-7-15)25(22,23)20(13-16-5-4-12-24-16)14-18(21)19-10-2-3-11-19/h4-9,12H,2-3,10-11,13-14H2,1H3. The second-order valence-corrected chi connectivity index (χ2v) is 8.19. The molecule has 1 aliphatic heterocycles. The van der Waals surface area contributed by atoms with Gasteiger partial charge in [0.1, 0.15) is 5.76 Å². The van der Waals surface area contributed by atoms with Crippen molar-refractivity contribution in [3.8, 4) is 0 Å². The highest BCUT2D eigenvalue weighted by atomic mass is 32.2. The molecule has 0 spiro atoms. The SMILES string of the molecule is Cc1ccc(S(=O)(=O)N(CC(=O)N2CCCC2)Cc2ccco2)cc1. The highest BCUT2D eigenvalue weighted by molar-refractivity contribution is 7.89. The van der Waals surface area contributed by atoms with Gasteiger partial charge in [-0.1, -0.05) is 17.7 Å². The highest BCUT2D eigenvalue weighted by Crippen LogP contribution is 2.20. The Kier molecular flexibility index (Phi) is 5.24. The van der Waals surface area contributed by atoms with E-state index in [0.29, 0.717) is 18.8 Å². The molecule has 3 rings (SSSR count). The van der Waals surface area contributed by atoms with Crippen LogP contribution in [0.3, 0.4) is 0 Å². The lowest BCUT2D eigenvalue weighted by Crippen LogP contribution is -2.41. The molecular weight excluding hydrogens is 340 g/mol. The maximum absolute atomic E-state index is 13.0. The molecule has 134 valence electrons. The molecule has 0 unspecified atom stereocenters. The Balaban J connectivity index is 1.86.